The maximum absolute atomic E-state index is 12.3. The quantitative estimate of drug-likeness (QED) is 0.463. The first-order chi connectivity index (χ1) is 8.95. The lowest BCUT2D eigenvalue weighted by Gasteiger charge is -2.07. The maximum Gasteiger partial charge on any atom is 0.417 e. The van der Waals surface area contributed by atoms with Gasteiger partial charge in [-0.15, -0.1) is 0 Å². The van der Waals surface area contributed by atoms with E-state index in [1.165, 1.54) is 0 Å². The molecule has 0 fully saturated rings. The number of hydrogen-bond acceptors (Lipinski definition) is 2. The third-order valence-electron chi connectivity index (χ3n) is 2.42. The van der Waals surface area contributed by atoms with Gasteiger partial charge in [-0.1, -0.05) is 29.0 Å². The van der Waals surface area contributed by atoms with Gasteiger partial charge in [0.2, 0.25) is 0 Å². The second kappa shape index (κ2) is 7.66. The van der Waals surface area contributed by atoms with Crippen LogP contribution in [0.4, 0.5) is 13.2 Å². The Morgan fingerprint density at radius 2 is 2.00 bits per heavy atom. The average Bonchev–Trinajstić information content (AvgIpc) is 2.37. The van der Waals surface area contributed by atoms with Gasteiger partial charge >= 0.3 is 6.18 Å². The minimum absolute atomic E-state index is 0.00175. The Hall–Kier alpha value is -0.860. The monoisotopic (exact) mass is 386 g/mol. The number of hydrogen-bond donors (Lipinski definition) is 1. The van der Waals surface area contributed by atoms with Crippen molar-refractivity contribution in [2.75, 3.05) is 11.0 Å². The zero-order chi connectivity index (χ0) is 14.3. The fraction of sp³-hybridized carbons (Fsp3) is 0.500. The summed E-state index contributed by atoms with van der Waals surface area (Å²) in [7, 11) is 0. The van der Waals surface area contributed by atoms with Crippen molar-refractivity contribution in [3.63, 3.8) is 0 Å². The van der Waals surface area contributed by atoms with Gasteiger partial charge < -0.3 is 5.32 Å². The summed E-state index contributed by atoms with van der Waals surface area (Å²) >= 11 is 2.28. The number of pyridine rings is 1. The van der Waals surface area contributed by atoms with Crippen LogP contribution in [-0.4, -0.2) is 21.9 Å². The topological polar surface area (TPSA) is 42.0 Å². The van der Waals surface area contributed by atoms with E-state index in [1.807, 2.05) is 0 Å². The summed E-state index contributed by atoms with van der Waals surface area (Å²) in [4.78, 5) is 15.1. The van der Waals surface area contributed by atoms with Gasteiger partial charge in [0.1, 0.15) is 5.69 Å². The summed E-state index contributed by atoms with van der Waals surface area (Å²) in [5.41, 5.74) is -0.854. The van der Waals surface area contributed by atoms with Crippen molar-refractivity contribution < 1.29 is 18.0 Å². The molecule has 0 saturated carbocycles. The fourth-order valence-corrected chi connectivity index (χ4v) is 1.92. The Balaban J connectivity index is 2.45. The first-order valence-electron chi connectivity index (χ1n) is 5.82. The lowest BCUT2D eigenvalue weighted by Crippen LogP contribution is -2.25. The Morgan fingerprint density at radius 1 is 1.26 bits per heavy atom. The Morgan fingerprint density at radius 3 is 2.53 bits per heavy atom. The molecule has 1 aromatic heterocycles. The number of rotatable bonds is 6. The van der Waals surface area contributed by atoms with Crippen LogP contribution in [0.5, 0.6) is 0 Å². The van der Waals surface area contributed by atoms with Gasteiger partial charge in [0, 0.05) is 12.7 Å². The van der Waals surface area contributed by atoms with Crippen molar-refractivity contribution in [1.29, 1.82) is 0 Å². The SMILES string of the molecule is O=C(NCCCCCI)c1ccc(C(F)(F)F)cn1. The molecule has 1 N–H and O–H groups in total. The zero-order valence-corrected chi connectivity index (χ0v) is 12.3. The van der Waals surface area contributed by atoms with Crippen LogP contribution in [0.2, 0.25) is 0 Å². The molecule has 0 aromatic carbocycles. The van der Waals surface area contributed by atoms with Crippen molar-refractivity contribution in [2.24, 2.45) is 0 Å². The number of nitrogens with zero attached hydrogens (tertiary/aromatic N) is 1. The van der Waals surface area contributed by atoms with Crippen molar-refractivity contribution in [2.45, 2.75) is 25.4 Å². The summed E-state index contributed by atoms with van der Waals surface area (Å²) in [5.74, 6) is -0.441. The lowest BCUT2D eigenvalue weighted by molar-refractivity contribution is -0.137. The molecule has 106 valence electrons. The molecule has 0 atom stereocenters. The molecule has 7 heteroatoms. The Bertz CT molecular complexity index is 406. The standard InChI is InChI=1S/C12H14F3IN2O/c13-12(14,15)9-4-5-10(18-8-9)11(19)17-7-3-1-2-6-16/h4-5,8H,1-3,6-7H2,(H,17,19). The first kappa shape index (κ1) is 16.2. The summed E-state index contributed by atoms with van der Waals surface area (Å²) in [6, 6.07) is 1.95. The molecule has 0 saturated heterocycles. The van der Waals surface area contributed by atoms with Crippen LogP contribution in [0.1, 0.15) is 35.3 Å². The van der Waals surface area contributed by atoms with E-state index in [2.05, 4.69) is 32.9 Å². The molecule has 1 aromatic rings. The van der Waals surface area contributed by atoms with Gasteiger partial charge in [0.25, 0.3) is 5.91 Å². The van der Waals surface area contributed by atoms with E-state index in [0.29, 0.717) is 12.7 Å². The number of carbonyl (C=O) groups is 1. The van der Waals surface area contributed by atoms with E-state index in [9.17, 15) is 18.0 Å². The van der Waals surface area contributed by atoms with Crippen LogP contribution in [0.3, 0.4) is 0 Å². The molecule has 0 bridgehead atoms. The molecule has 1 rings (SSSR count). The highest BCUT2D eigenvalue weighted by molar-refractivity contribution is 14.1. The molecule has 0 radical (unpaired) electrons. The molecule has 3 nitrogen and oxygen atoms in total. The number of alkyl halides is 4. The highest BCUT2D eigenvalue weighted by Crippen LogP contribution is 2.28. The minimum atomic E-state index is -4.43. The second-order valence-corrected chi connectivity index (χ2v) is 5.01. The Labute approximate surface area is 123 Å². The van der Waals surface area contributed by atoms with E-state index < -0.39 is 17.6 Å². The molecular weight excluding hydrogens is 372 g/mol. The first-order valence-corrected chi connectivity index (χ1v) is 7.35. The highest BCUT2D eigenvalue weighted by atomic mass is 127. The Kier molecular flexibility index (Phi) is 6.53. The van der Waals surface area contributed by atoms with E-state index in [0.717, 1.165) is 35.8 Å². The largest absolute Gasteiger partial charge is 0.417 e. The number of aromatic nitrogens is 1. The molecule has 0 aliphatic heterocycles. The molecular formula is C12H14F3IN2O. The van der Waals surface area contributed by atoms with E-state index in [4.69, 9.17) is 0 Å². The summed E-state index contributed by atoms with van der Waals surface area (Å²) < 4.78 is 38.0. The van der Waals surface area contributed by atoms with Crippen LogP contribution in [-0.2, 0) is 6.18 Å². The van der Waals surface area contributed by atoms with Gasteiger partial charge in [-0.3, -0.25) is 9.78 Å². The molecule has 0 unspecified atom stereocenters. The molecule has 19 heavy (non-hydrogen) atoms. The number of nitrogens with one attached hydrogen (secondary N) is 1. The predicted octanol–water partition coefficient (Wildman–Crippen LogP) is 3.44. The van der Waals surface area contributed by atoms with Crippen LogP contribution >= 0.6 is 22.6 Å². The smallest absolute Gasteiger partial charge is 0.351 e. The van der Waals surface area contributed by atoms with Crippen molar-refractivity contribution in [1.82, 2.24) is 10.3 Å². The summed E-state index contributed by atoms with van der Waals surface area (Å²) in [5, 5.41) is 2.63. The summed E-state index contributed by atoms with van der Waals surface area (Å²) in [6.07, 6.45) is -0.791. The maximum atomic E-state index is 12.3. The third kappa shape index (κ3) is 5.75. The lowest BCUT2D eigenvalue weighted by atomic mass is 10.2. The van der Waals surface area contributed by atoms with Crippen molar-refractivity contribution in [3.8, 4) is 0 Å². The number of amides is 1. The molecule has 1 heterocycles. The molecule has 0 aliphatic carbocycles. The number of halogens is 4. The summed E-state index contributed by atoms with van der Waals surface area (Å²) in [6.45, 7) is 0.512. The number of carbonyl (C=O) groups excluding carboxylic acids is 1. The molecule has 0 aliphatic rings. The second-order valence-electron chi connectivity index (χ2n) is 3.94. The fourth-order valence-electron chi connectivity index (χ4n) is 1.38. The van der Waals surface area contributed by atoms with Gasteiger partial charge in [0.05, 0.1) is 5.56 Å². The van der Waals surface area contributed by atoms with Gasteiger partial charge in [-0.25, -0.2) is 0 Å². The highest BCUT2D eigenvalue weighted by Gasteiger charge is 2.30. The minimum Gasteiger partial charge on any atom is -0.351 e. The predicted molar refractivity (Wildman–Crippen MR) is 74.3 cm³/mol. The average molecular weight is 386 g/mol. The van der Waals surface area contributed by atoms with Crippen LogP contribution < -0.4 is 5.32 Å². The van der Waals surface area contributed by atoms with Crippen molar-refractivity contribution in [3.05, 3.63) is 29.6 Å². The van der Waals surface area contributed by atoms with Gasteiger partial charge in [-0.05, 0) is 29.4 Å². The van der Waals surface area contributed by atoms with E-state index in [-0.39, 0.29) is 5.69 Å². The van der Waals surface area contributed by atoms with Gasteiger partial charge in [-0.2, -0.15) is 13.2 Å². The van der Waals surface area contributed by atoms with E-state index in [1.54, 1.807) is 0 Å². The number of unbranched alkanes of at least 4 members (excludes halogenated alkanes) is 2. The zero-order valence-electron chi connectivity index (χ0n) is 10.1. The third-order valence-corrected chi connectivity index (χ3v) is 3.18. The van der Waals surface area contributed by atoms with Crippen LogP contribution in [0.25, 0.3) is 0 Å². The van der Waals surface area contributed by atoms with Crippen LogP contribution in [0.15, 0.2) is 18.3 Å². The van der Waals surface area contributed by atoms with Crippen molar-refractivity contribution >= 4 is 28.5 Å². The normalized spacial score (nSPS) is 11.4. The van der Waals surface area contributed by atoms with E-state index >= 15 is 0 Å². The molecule has 1 amide bonds. The molecule has 0 spiro atoms. The van der Waals surface area contributed by atoms with Crippen LogP contribution in [0, 0.1) is 0 Å². The van der Waals surface area contributed by atoms with Gasteiger partial charge in [0.15, 0.2) is 0 Å².